The van der Waals surface area contributed by atoms with Crippen molar-refractivity contribution in [3.05, 3.63) is 0 Å². The molecule has 0 aromatic rings. The third-order valence-corrected chi connectivity index (χ3v) is 5.47. The number of rotatable bonds is 15. The summed E-state index contributed by atoms with van der Waals surface area (Å²) >= 11 is 17.5. The average Bonchev–Trinajstić information content (AvgIpc) is 2.74. The van der Waals surface area contributed by atoms with E-state index in [1.807, 2.05) is 6.92 Å². The molecule has 0 saturated carbocycles. The molecule has 11 heteroatoms. The van der Waals surface area contributed by atoms with Crippen molar-refractivity contribution in [1.29, 1.82) is 5.41 Å². The van der Waals surface area contributed by atoms with Crippen LogP contribution in [0.25, 0.3) is 0 Å². The number of ether oxygens (including phenoxy) is 6. The molecule has 1 N–H and O–H groups in total. The van der Waals surface area contributed by atoms with Gasteiger partial charge >= 0.3 is 5.97 Å². The summed E-state index contributed by atoms with van der Waals surface area (Å²) in [5.41, 5.74) is 0. The van der Waals surface area contributed by atoms with Crippen LogP contribution in [0.15, 0.2) is 0 Å². The van der Waals surface area contributed by atoms with Gasteiger partial charge in [0.25, 0.3) is 3.79 Å². The summed E-state index contributed by atoms with van der Waals surface area (Å²) in [5, 5.41) is 8.02. The Hall–Kier alpha value is -0.350. The van der Waals surface area contributed by atoms with Crippen molar-refractivity contribution in [3.8, 4) is 0 Å². The Kier molecular flexibility index (Phi) is 15.2. The van der Waals surface area contributed by atoms with Gasteiger partial charge in [0.2, 0.25) is 12.2 Å². The van der Waals surface area contributed by atoms with Gasteiger partial charge in [-0.05, 0) is 19.3 Å². The number of carbonyl (C=O) groups excluding carboxylic acids is 1. The zero-order valence-corrected chi connectivity index (χ0v) is 22.2. The van der Waals surface area contributed by atoms with Crippen molar-refractivity contribution in [2.75, 3.05) is 26.4 Å². The maximum Gasteiger partial charge on any atom is 0.302 e. The fraction of sp³-hybridized carbons (Fsp3) is 0.909. The summed E-state index contributed by atoms with van der Waals surface area (Å²) in [5.74, 6) is -1.06. The summed E-state index contributed by atoms with van der Waals surface area (Å²) in [4.78, 5) is 11.5. The average molecular weight is 535 g/mol. The molecule has 1 heterocycles. The number of nitrogens with one attached hydrogen (secondary N) is 1. The quantitative estimate of drug-likeness (QED) is 0.101. The third kappa shape index (κ3) is 11.3. The van der Waals surface area contributed by atoms with Crippen LogP contribution >= 0.6 is 34.8 Å². The SMILES string of the molecule is CCCCOC1C(COC(C)=O)OC(OC(=N)C(Cl)(Cl)Cl)C(OCCCC)C1OCCCC. The topological polar surface area (TPSA) is 96.3 Å². The third-order valence-electron chi connectivity index (χ3n) is 4.96. The van der Waals surface area contributed by atoms with E-state index in [0.29, 0.717) is 19.8 Å². The molecule has 0 aliphatic carbocycles. The summed E-state index contributed by atoms with van der Waals surface area (Å²) in [6.45, 7) is 8.79. The number of carbonyl (C=O) groups is 1. The van der Waals surface area contributed by atoms with E-state index < -0.39 is 46.4 Å². The van der Waals surface area contributed by atoms with Crippen LogP contribution in [0.4, 0.5) is 0 Å². The highest BCUT2D eigenvalue weighted by atomic mass is 35.6. The van der Waals surface area contributed by atoms with Gasteiger partial charge in [0.05, 0.1) is 0 Å². The van der Waals surface area contributed by atoms with Crippen LogP contribution in [0.2, 0.25) is 0 Å². The smallest absolute Gasteiger partial charge is 0.302 e. The first-order valence-electron chi connectivity index (χ1n) is 11.6. The Morgan fingerprint density at radius 3 is 1.82 bits per heavy atom. The van der Waals surface area contributed by atoms with Crippen LogP contribution in [0, 0.1) is 5.41 Å². The second-order valence-corrected chi connectivity index (χ2v) is 10.1. The van der Waals surface area contributed by atoms with Crippen LogP contribution in [0.3, 0.4) is 0 Å². The zero-order valence-electron chi connectivity index (χ0n) is 19.9. The molecule has 1 saturated heterocycles. The van der Waals surface area contributed by atoms with Gasteiger partial charge in [-0.15, -0.1) is 0 Å². The van der Waals surface area contributed by atoms with Crippen molar-refractivity contribution in [3.63, 3.8) is 0 Å². The van der Waals surface area contributed by atoms with E-state index in [-0.39, 0.29) is 6.61 Å². The lowest BCUT2D eigenvalue weighted by Crippen LogP contribution is -2.62. The normalized spacial score (nSPS) is 25.6. The molecular formula is C22H38Cl3NO7. The van der Waals surface area contributed by atoms with Crippen molar-refractivity contribution < 1.29 is 33.2 Å². The van der Waals surface area contributed by atoms with Crippen LogP contribution < -0.4 is 0 Å². The summed E-state index contributed by atoms with van der Waals surface area (Å²) < 4.78 is 33.3. The first kappa shape index (κ1) is 30.7. The Bertz CT molecular complexity index is 577. The molecule has 0 aromatic carbocycles. The fourth-order valence-corrected chi connectivity index (χ4v) is 3.28. The molecule has 1 aliphatic heterocycles. The first-order valence-corrected chi connectivity index (χ1v) is 12.7. The summed E-state index contributed by atoms with van der Waals surface area (Å²) in [6.07, 6.45) is 1.53. The molecule has 8 nitrogen and oxygen atoms in total. The number of esters is 1. The zero-order chi connectivity index (χ0) is 24.9. The predicted octanol–water partition coefficient (Wildman–Crippen LogP) is 5.19. The highest BCUT2D eigenvalue weighted by Gasteiger charge is 2.51. The van der Waals surface area contributed by atoms with E-state index in [0.717, 1.165) is 38.5 Å². The number of hydrogen-bond acceptors (Lipinski definition) is 8. The lowest BCUT2D eigenvalue weighted by atomic mass is 9.98. The second-order valence-electron chi connectivity index (χ2n) is 7.86. The van der Waals surface area contributed by atoms with Gasteiger partial charge < -0.3 is 28.4 Å². The van der Waals surface area contributed by atoms with E-state index >= 15 is 0 Å². The number of alkyl halides is 3. The minimum atomic E-state index is -2.07. The molecular weight excluding hydrogens is 497 g/mol. The lowest BCUT2D eigenvalue weighted by Gasteiger charge is -2.45. The van der Waals surface area contributed by atoms with Gasteiger partial charge in [0.15, 0.2) is 0 Å². The molecule has 0 amide bonds. The first-order chi connectivity index (χ1) is 15.6. The standard InChI is InChI=1S/C22H38Cl3NO7/c1-5-8-11-28-17-16(14-31-15(4)27)32-20(33-21(26)22(23,24)25)19(30-13-10-7-3)18(17)29-12-9-6-2/h16-20,26H,5-14H2,1-4H3. The second kappa shape index (κ2) is 16.3. The molecule has 1 fully saturated rings. The highest BCUT2D eigenvalue weighted by molar-refractivity contribution is 6.76. The Morgan fingerprint density at radius 2 is 1.36 bits per heavy atom. The van der Waals surface area contributed by atoms with Crippen LogP contribution in [0.5, 0.6) is 0 Å². The van der Waals surface area contributed by atoms with Crippen molar-refractivity contribution in [2.45, 2.75) is 101 Å². The number of unbranched alkanes of at least 4 members (excludes halogenated alkanes) is 3. The maximum atomic E-state index is 11.5. The van der Waals surface area contributed by atoms with E-state index in [4.69, 9.17) is 68.6 Å². The van der Waals surface area contributed by atoms with Gasteiger partial charge in [-0.2, -0.15) is 0 Å². The minimum absolute atomic E-state index is 0.0809. The van der Waals surface area contributed by atoms with Gasteiger partial charge in [0, 0.05) is 26.7 Å². The lowest BCUT2D eigenvalue weighted by molar-refractivity contribution is -0.307. The van der Waals surface area contributed by atoms with E-state index in [2.05, 4.69) is 13.8 Å². The molecule has 194 valence electrons. The Balaban J connectivity index is 3.24. The Morgan fingerprint density at radius 1 is 0.879 bits per heavy atom. The number of halogens is 3. The monoisotopic (exact) mass is 533 g/mol. The Labute approximate surface area is 212 Å². The van der Waals surface area contributed by atoms with Crippen molar-refractivity contribution in [1.82, 2.24) is 0 Å². The molecule has 0 radical (unpaired) electrons. The summed E-state index contributed by atoms with van der Waals surface area (Å²) in [6, 6.07) is 0. The van der Waals surface area contributed by atoms with Gasteiger partial charge in [-0.3, -0.25) is 10.2 Å². The summed E-state index contributed by atoms with van der Waals surface area (Å²) in [7, 11) is 0. The van der Waals surface area contributed by atoms with Gasteiger partial charge in [-0.25, -0.2) is 0 Å². The number of hydrogen-bond donors (Lipinski definition) is 1. The van der Waals surface area contributed by atoms with Crippen LogP contribution in [0.1, 0.15) is 66.2 Å². The van der Waals surface area contributed by atoms with Gasteiger partial charge in [0.1, 0.15) is 31.0 Å². The fourth-order valence-electron chi connectivity index (χ4n) is 3.15. The van der Waals surface area contributed by atoms with E-state index in [1.54, 1.807) is 0 Å². The maximum absolute atomic E-state index is 11.5. The molecule has 0 spiro atoms. The largest absolute Gasteiger partial charge is 0.463 e. The van der Waals surface area contributed by atoms with Crippen molar-refractivity contribution >= 4 is 46.7 Å². The van der Waals surface area contributed by atoms with Gasteiger partial charge in [-0.1, -0.05) is 74.8 Å². The minimum Gasteiger partial charge on any atom is -0.463 e. The van der Waals surface area contributed by atoms with Crippen LogP contribution in [-0.2, 0) is 33.2 Å². The highest BCUT2D eigenvalue weighted by Crippen LogP contribution is 2.33. The molecule has 33 heavy (non-hydrogen) atoms. The van der Waals surface area contributed by atoms with Crippen molar-refractivity contribution in [2.24, 2.45) is 0 Å². The predicted molar refractivity (Wildman–Crippen MR) is 128 cm³/mol. The molecule has 1 rings (SSSR count). The molecule has 1 aliphatic rings. The molecule has 0 bridgehead atoms. The van der Waals surface area contributed by atoms with E-state index in [1.165, 1.54) is 6.92 Å². The molecule has 5 atom stereocenters. The van der Waals surface area contributed by atoms with Crippen LogP contribution in [-0.4, -0.2) is 72.8 Å². The molecule has 0 aromatic heterocycles. The molecule has 5 unspecified atom stereocenters. The van der Waals surface area contributed by atoms with E-state index in [9.17, 15) is 4.79 Å².